The van der Waals surface area contributed by atoms with E-state index < -0.39 is 0 Å². The van der Waals surface area contributed by atoms with Crippen molar-refractivity contribution in [1.82, 2.24) is 0 Å². The van der Waals surface area contributed by atoms with Crippen LogP contribution in [0.25, 0.3) is 102 Å². The van der Waals surface area contributed by atoms with E-state index in [-0.39, 0.29) is 0 Å². The molecule has 0 aliphatic heterocycles. The van der Waals surface area contributed by atoms with Crippen molar-refractivity contribution in [3.63, 3.8) is 0 Å². The van der Waals surface area contributed by atoms with Crippen LogP contribution in [0.4, 0.5) is 17.1 Å². The molecule has 0 saturated carbocycles. The van der Waals surface area contributed by atoms with Crippen molar-refractivity contribution < 1.29 is 0 Å². The first-order valence-electron chi connectivity index (χ1n) is 22.0. The Morgan fingerprint density at radius 1 is 0.292 bits per heavy atom. The van der Waals surface area contributed by atoms with Crippen molar-refractivity contribution in [2.24, 2.45) is 0 Å². The van der Waals surface area contributed by atoms with Gasteiger partial charge in [-0.3, -0.25) is 0 Å². The summed E-state index contributed by atoms with van der Waals surface area (Å²) in [4.78, 5) is 2.35. The number of hydrogen-bond donors (Lipinski definition) is 0. The van der Waals surface area contributed by atoms with Crippen molar-refractivity contribution in [3.05, 3.63) is 243 Å². The molecule has 1 nitrogen and oxygen atoms in total. The molecule has 2 aromatic heterocycles. The maximum Gasteiger partial charge on any atom is 0.0462 e. The van der Waals surface area contributed by atoms with E-state index in [2.05, 4.69) is 242 Å². The summed E-state index contributed by atoms with van der Waals surface area (Å²) in [7, 11) is 0. The Morgan fingerprint density at radius 3 is 0.985 bits per heavy atom. The number of fused-ring (bicyclic) bond motifs is 6. The molecule has 0 fully saturated rings. The van der Waals surface area contributed by atoms with E-state index in [1.807, 2.05) is 28.7 Å². The SMILES string of the molecule is C=Cc1ccc(-c2ccc(N(c3ccc(-c4ccc(-c5ccc(-c6cccc7c6sc6ccccc67)cc5)cc4)cc3)c3ccc(-c4cccc5c4sc4ccccc45)cc3)cc2)cc1. The van der Waals surface area contributed by atoms with E-state index in [9.17, 15) is 0 Å². The number of hydrogen-bond acceptors (Lipinski definition) is 3. The molecule has 12 aromatic rings. The summed E-state index contributed by atoms with van der Waals surface area (Å²) < 4.78 is 5.32. The summed E-state index contributed by atoms with van der Waals surface area (Å²) in [6, 6.07) is 84.3. The van der Waals surface area contributed by atoms with Gasteiger partial charge in [-0.05, 0) is 110 Å². The quantitative estimate of drug-likeness (QED) is 0.140. The van der Waals surface area contributed by atoms with E-state index in [0.29, 0.717) is 0 Å². The number of anilines is 3. The Hall–Kier alpha value is -7.82. The number of rotatable bonds is 9. The second kappa shape index (κ2) is 16.4. The largest absolute Gasteiger partial charge is 0.311 e. The molecule has 306 valence electrons. The lowest BCUT2D eigenvalue weighted by molar-refractivity contribution is 1.28. The summed E-state index contributed by atoms with van der Waals surface area (Å²) in [6.07, 6.45) is 1.88. The average molecular weight is 864 g/mol. The van der Waals surface area contributed by atoms with E-state index in [1.54, 1.807) is 0 Å². The maximum absolute atomic E-state index is 3.92. The summed E-state index contributed by atoms with van der Waals surface area (Å²) in [5.74, 6) is 0. The van der Waals surface area contributed by atoms with E-state index in [0.717, 1.165) is 22.6 Å². The maximum atomic E-state index is 3.92. The van der Waals surface area contributed by atoms with Gasteiger partial charge in [-0.1, -0.05) is 195 Å². The molecule has 0 radical (unpaired) electrons. The van der Waals surface area contributed by atoms with Gasteiger partial charge in [0.05, 0.1) is 0 Å². The van der Waals surface area contributed by atoms with Crippen LogP contribution in [0.3, 0.4) is 0 Å². The van der Waals surface area contributed by atoms with Gasteiger partial charge in [0.15, 0.2) is 0 Å². The van der Waals surface area contributed by atoms with Gasteiger partial charge in [-0.2, -0.15) is 0 Å². The second-order valence-corrected chi connectivity index (χ2v) is 18.6. The van der Waals surface area contributed by atoms with E-state index in [1.165, 1.54) is 96.0 Å². The molecule has 65 heavy (non-hydrogen) atoms. The molecule has 0 spiro atoms. The van der Waals surface area contributed by atoms with Gasteiger partial charge in [-0.25, -0.2) is 0 Å². The van der Waals surface area contributed by atoms with Crippen LogP contribution in [-0.2, 0) is 0 Å². The zero-order chi connectivity index (χ0) is 43.3. The predicted octanol–water partition coefficient (Wildman–Crippen LogP) is 18.9. The van der Waals surface area contributed by atoms with Crippen LogP contribution in [0.5, 0.6) is 0 Å². The highest BCUT2D eigenvalue weighted by atomic mass is 32.1. The zero-order valence-electron chi connectivity index (χ0n) is 35.5. The molecule has 0 bridgehead atoms. The van der Waals surface area contributed by atoms with Crippen LogP contribution < -0.4 is 4.90 Å². The first-order chi connectivity index (χ1) is 32.1. The lowest BCUT2D eigenvalue weighted by Crippen LogP contribution is -2.09. The van der Waals surface area contributed by atoms with Crippen LogP contribution >= 0.6 is 22.7 Å². The molecular formula is C62H41NS2. The average Bonchev–Trinajstić information content (AvgIpc) is 3.96. The zero-order valence-corrected chi connectivity index (χ0v) is 37.1. The summed E-state index contributed by atoms with van der Waals surface area (Å²) in [5, 5.41) is 5.29. The molecule has 0 saturated heterocycles. The van der Waals surface area contributed by atoms with E-state index in [4.69, 9.17) is 0 Å². The first kappa shape index (κ1) is 38.8. The van der Waals surface area contributed by atoms with Gasteiger partial charge in [0.2, 0.25) is 0 Å². The Labute approximate surface area is 387 Å². The standard InChI is InChI=1S/C62H41NS2/c1-2-41-17-19-42(20-18-41)46-29-35-50(36-30-46)63(52-39-33-49(34-40-52)54-12-8-14-58-56-10-4-6-16-60(56)65-62(54)58)51-37-31-47(32-38-51)44-23-21-43(22-24-44)45-25-27-48(28-26-45)53-11-7-13-57-55-9-3-5-15-59(55)64-61(53)57/h2-40H,1H2. The van der Waals surface area contributed by atoms with Crippen molar-refractivity contribution >= 4 is 86.2 Å². The van der Waals surface area contributed by atoms with Crippen LogP contribution in [0.1, 0.15) is 5.56 Å². The first-order valence-corrected chi connectivity index (χ1v) is 23.6. The molecule has 0 unspecified atom stereocenters. The van der Waals surface area contributed by atoms with Crippen LogP contribution in [0.15, 0.2) is 237 Å². The molecule has 10 aromatic carbocycles. The molecule has 0 atom stereocenters. The highest BCUT2D eigenvalue weighted by Crippen LogP contribution is 2.43. The smallest absolute Gasteiger partial charge is 0.0462 e. The Bertz CT molecular complexity index is 3670. The Morgan fingerprint density at radius 2 is 0.600 bits per heavy atom. The molecule has 3 heteroatoms. The lowest BCUT2D eigenvalue weighted by Gasteiger charge is -2.26. The van der Waals surface area contributed by atoms with Gasteiger partial charge in [0.25, 0.3) is 0 Å². The Kier molecular flexibility index (Phi) is 9.79. The number of nitrogens with zero attached hydrogens (tertiary/aromatic N) is 1. The molecule has 0 aliphatic carbocycles. The van der Waals surface area contributed by atoms with Gasteiger partial charge >= 0.3 is 0 Å². The van der Waals surface area contributed by atoms with Crippen molar-refractivity contribution in [2.45, 2.75) is 0 Å². The third-order valence-corrected chi connectivity index (χ3v) is 15.2. The minimum atomic E-state index is 1.10. The molecule has 0 amide bonds. The van der Waals surface area contributed by atoms with Gasteiger partial charge in [0, 0.05) is 57.4 Å². The van der Waals surface area contributed by atoms with Crippen molar-refractivity contribution in [1.29, 1.82) is 0 Å². The van der Waals surface area contributed by atoms with Gasteiger partial charge in [0.1, 0.15) is 0 Å². The Balaban J connectivity index is 0.838. The summed E-state index contributed by atoms with van der Waals surface area (Å²) in [6.45, 7) is 3.92. The summed E-state index contributed by atoms with van der Waals surface area (Å²) in [5.41, 5.74) is 16.6. The molecule has 2 heterocycles. The van der Waals surface area contributed by atoms with Crippen LogP contribution in [0.2, 0.25) is 0 Å². The number of thiophene rings is 2. The minimum absolute atomic E-state index is 1.10. The van der Waals surface area contributed by atoms with Crippen LogP contribution in [0, 0.1) is 0 Å². The van der Waals surface area contributed by atoms with Crippen molar-refractivity contribution in [2.75, 3.05) is 4.90 Å². The molecule has 0 aliphatic rings. The highest BCUT2D eigenvalue weighted by molar-refractivity contribution is 7.26. The van der Waals surface area contributed by atoms with Crippen LogP contribution in [-0.4, -0.2) is 0 Å². The predicted molar refractivity (Wildman–Crippen MR) is 284 cm³/mol. The third-order valence-electron chi connectivity index (χ3n) is 12.7. The lowest BCUT2D eigenvalue weighted by atomic mass is 9.97. The third kappa shape index (κ3) is 7.12. The fourth-order valence-corrected chi connectivity index (χ4v) is 11.8. The topological polar surface area (TPSA) is 3.24 Å². The molecule has 0 N–H and O–H groups in total. The normalized spacial score (nSPS) is 11.4. The van der Waals surface area contributed by atoms with Crippen molar-refractivity contribution in [3.8, 4) is 55.6 Å². The minimum Gasteiger partial charge on any atom is -0.311 e. The summed E-state index contributed by atoms with van der Waals surface area (Å²) >= 11 is 3.75. The molecule has 12 rings (SSSR count). The van der Waals surface area contributed by atoms with Gasteiger partial charge < -0.3 is 4.90 Å². The monoisotopic (exact) mass is 863 g/mol. The fourth-order valence-electron chi connectivity index (χ4n) is 9.30. The van der Waals surface area contributed by atoms with Gasteiger partial charge in [-0.15, -0.1) is 22.7 Å². The molecular weight excluding hydrogens is 823 g/mol. The highest BCUT2D eigenvalue weighted by Gasteiger charge is 2.16. The second-order valence-electron chi connectivity index (χ2n) is 16.5. The number of benzene rings is 10. The fraction of sp³-hybridized carbons (Fsp3) is 0. The van der Waals surface area contributed by atoms with E-state index >= 15 is 0 Å².